The number of alkyl carbamates (subject to hydrolysis) is 1. The predicted octanol–water partition coefficient (Wildman–Crippen LogP) is 2.43. The van der Waals surface area contributed by atoms with E-state index in [1.807, 2.05) is 12.1 Å². The second-order valence-electron chi connectivity index (χ2n) is 5.00. The van der Waals surface area contributed by atoms with Crippen molar-refractivity contribution in [2.45, 2.75) is 44.8 Å². The highest BCUT2D eigenvalue weighted by atomic mass is 16.6. The standard InChI is InChI=1S/C16H22N2O3/c19-16(21-14-7-4-2-1-3-5-8-14)18-11-10-17-13-15-9-6-12-20-15/h6,9,12,14,17H,1-4,7,10-11,13H2,(H,18,19). The monoisotopic (exact) mass is 290 g/mol. The maximum absolute atomic E-state index is 11.7. The predicted molar refractivity (Wildman–Crippen MR) is 79.5 cm³/mol. The molecule has 5 heteroatoms. The van der Waals surface area contributed by atoms with E-state index >= 15 is 0 Å². The average Bonchev–Trinajstić information content (AvgIpc) is 2.94. The van der Waals surface area contributed by atoms with Crippen molar-refractivity contribution in [3.63, 3.8) is 0 Å². The number of nitrogens with one attached hydrogen (secondary N) is 2. The Labute approximate surface area is 125 Å². The van der Waals surface area contributed by atoms with E-state index in [0.717, 1.165) is 37.9 Å². The minimum atomic E-state index is -0.394. The maximum Gasteiger partial charge on any atom is 0.408 e. The van der Waals surface area contributed by atoms with E-state index in [1.165, 1.54) is 0 Å². The molecule has 114 valence electrons. The van der Waals surface area contributed by atoms with Crippen LogP contribution in [0, 0.1) is 11.8 Å². The van der Waals surface area contributed by atoms with Gasteiger partial charge in [-0.3, -0.25) is 0 Å². The molecule has 2 rings (SSSR count). The molecule has 0 spiro atoms. The molecule has 0 bridgehead atoms. The highest BCUT2D eigenvalue weighted by Gasteiger charge is 2.12. The number of carbonyl (C=O) groups excluding carboxylic acids is 1. The summed E-state index contributed by atoms with van der Waals surface area (Å²) < 4.78 is 10.5. The van der Waals surface area contributed by atoms with Gasteiger partial charge in [-0.1, -0.05) is 18.3 Å². The van der Waals surface area contributed by atoms with Crippen LogP contribution < -0.4 is 10.6 Å². The Balaban J connectivity index is 1.56. The molecule has 1 aliphatic carbocycles. The molecule has 0 aliphatic heterocycles. The fourth-order valence-electron chi connectivity index (χ4n) is 2.12. The van der Waals surface area contributed by atoms with Gasteiger partial charge in [0, 0.05) is 19.5 Å². The van der Waals surface area contributed by atoms with Crippen LogP contribution in [0.4, 0.5) is 4.79 Å². The lowest BCUT2D eigenvalue weighted by molar-refractivity contribution is 0.118. The van der Waals surface area contributed by atoms with Crippen molar-refractivity contribution in [2.24, 2.45) is 0 Å². The van der Waals surface area contributed by atoms with Crippen LogP contribution in [0.1, 0.15) is 37.9 Å². The van der Waals surface area contributed by atoms with Crippen LogP contribution in [0.2, 0.25) is 0 Å². The van der Waals surface area contributed by atoms with Gasteiger partial charge in [0.1, 0.15) is 5.76 Å². The van der Waals surface area contributed by atoms with Crippen LogP contribution in [0.5, 0.6) is 0 Å². The third-order valence-electron chi connectivity index (χ3n) is 3.23. The van der Waals surface area contributed by atoms with Crippen LogP contribution in [0.15, 0.2) is 22.8 Å². The van der Waals surface area contributed by atoms with E-state index in [9.17, 15) is 4.79 Å². The molecule has 0 saturated carbocycles. The largest absolute Gasteiger partial charge is 0.468 e. The van der Waals surface area contributed by atoms with Crippen molar-refractivity contribution in [3.8, 4) is 11.8 Å². The molecule has 1 heterocycles. The summed E-state index contributed by atoms with van der Waals surface area (Å²) in [5, 5.41) is 5.90. The number of amides is 1. The van der Waals surface area contributed by atoms with Crippen molar-refractivity contribution >= 4 is 6.09 Å². The van der Waals surface area contributed by atoms with Gasteiger partial charge in [-0.2, -0.15) is 0 Å². The van der Waals surface area contributed by atoms with Crippen molar-refractivity contribution in [1.29, 1.82) is 0 Å². The van der Waals surface area contributed by atoms with Gasteiger partial charge in [0.2, 0.25) is 0 Å². The molecular weight excluding hydrogens is 268 g/mol. The molecule has 0 fully saturated rings. The number of hydrogen-bond donors (Lipinski definition) is 2. The van der Waals surface area contributed by atoms with E-state index in [4.69, 9.17) is 9.15 Å². The Morgan fingerprint density at radius 3 is 3.19 bits per heavy atom. The third kappa shape index (κ3) is 6.37. The van der Waals surface area contributed by atoms with Gasteiger partial charge in [0.05, 0.1) is 12.8 Å². The van der Waals surface area contributed by atoms with E-state index in [2.05, 4.69) is 22.5 Å². The minimum Gasteiger partial charge on any atom is -0.468 e. The van der Waals surface area contributed by atoms with Gasteiger partial charge in [-0.05, 0) is 31.4 Å². The van der Waals surface area contributed by atoms with Gasteiger partial charge >= 0.3 is 6.09 Å². The number of furan rings is 1. The Kier molecular flexibility index (Phi) is 6.69. The van der Waals surface area contributed by atoms with Crippen LogP contribution in [0.3, 0.4) is 0 Å². The summed E-state index contributed by atoms with van der Waals surface area (Å²) in [5.41, 5.74) is 0. The lowest BCUT2D eigenvalue weighted by Crippen LogP contribution is -2.34. The summed E-state index contributed by atoms with van der Waals surface area (Å²) in [5.74, 6) is 6.95. The fraction of sp³-hybridized carbons (Fsp3) is 0.562. The molecule has 2 N–H and O–H groups in total. The Morgan fingerprint density at radius 1 is 1.38 bits per heavy atom. The molecule has 0 radical (unpaired) electrons. The van der Waals surface area contributed by atoms with Gasteiger partial charge < -0.3 is 19.8 Å². The normalized spacial score (nSPS) is 18.0. The van der Waals surface area contributed by atoms with Crippen LogP contribution in [-0.4, -0.2) is 25.3 Å². The highest BCUT2D eigenvalue weighted by molar-refractivity contribution is 5.67. The van der Waals surface area contributed by atoms with Gasteiger partial charge in [0.15, 0.2) is 6.10 Å². The number of ether oxygens (including phenoxy) is 1. The van der Waals surface area contributed by atoms with E-state index < -0.39 is 6.09 Å². The number of carbonyl (C=O) groups is 1. The molecule has 1 amide bonds. The first-order valence-corrected chi connectivity index (χ1v) is 7.50. The lowest BCUT2D eigenvalue weighted by Gasteiger charge is -2.14. The van der Waals surface area contributed by atoms with Crippen molar-refractivity contribution in [1.82, 2.24) is 10.6 Å². The first kappa shape index (κ1) is 15.5. The Morgan fingerprint density at radius 2 is 2.33 bits per heavy atom. The van der Waals surface area contributed by atoms with E-state index in [1.54, 1.807) is 6.26 Å². The molecule has 0 saturated heterocycles. The molecular formula is C16H22N2O3. The summed E-state index contributed by atoms with van der Waals surface area (Å²) in [7, 11) is 0. The molecule has 21 heavy (non-hydrogen) atoms. The zero-order valence-corrected chi connectivity index (χ0v) is 12.2. The van der Waals surface area contributed by atoms with Gasteiger partial charge in [-0.15, -0.1) is 0 Å². The van der Waals surface area contributed by atoms with Crippen LogP contribution in [0.25, 0.3) is 0 Å². The van der Waals surface area contributed by atoms with E-state index in [0.29, 0.717) is 19.6 Å². The summed E-state index contributed by atoms with van der Waals surface area (Å²) in [6, 6.07) is 3.75. The van der Waals surface area contributed by atoms with Crippen molar-refractivity contribution in [2.75, 3.05) is 13.1 Å². The smallest absolute Gasteiger partial charge is 0.408 e. The maximum atomic E-state index is 11.7. The SMILES string of the molecule is O=C(NCCNCc1ccco1)OC1C#CCCCCC1. The molecule has 1 atom stereocenters. The lowest BCUT2D eigenvalue weighted by atomic mass is 10.1. The molecule has 1 aliphatic rings. The second kappa shape index (κ2) is 9.09. The fourth-order valence-corrected chi connectivity index (χ4v) is 2.12. The number of rotatable bonds is 6. The summed E-state index contributed by atoms with van der Waals surface area (Å²) >= 11 is 0. The number of hydrogen-bond acceptors (Lipinski definition) is 4. The van der Waals surface area contributed by atoms with Gasteiger partial charge in [0.25, 0.3) is 0 Å². The summed E-state index contributed by atoms with van der Waals surface area (Å²) in [6.07, 6.45) is 6.09. The Bertz CT molecular complexity index is 473. The first-order valence-electron chi connectivity index (χ1n) is 7.50. The van der Waals surface area contributed by atoms with Crippen LogP contribution in [-0.2, 0) is 11.3 Å². The highest BCUT2D eigenvalue weighted by Crippen LogP contribution is 2.10. The summed E-state index contributed by atoms with van der Waals surface area (Å²) in [6.45, 7) is 1.82. The molecule has 5 nitrogen and oxygen atoms in total. The second-order valence-corrected chi connectivity index (χ2v) is 5.00. The van der Waals surface area contributed by atoms with E-state index in [-0.39, 0.29) is 6.10 Å². The zero-order valence-electron chi connectivity index (χ0n) is 12.2. The third-order valence-corrected chi connectivity index (χ3v) is 3.23. The van der Waals surface area contributed by atoms with Gasteiger partial charge in [-0.25, -0.2) is 4.79 Å². The molecule has 1 aromatic heterocycles. The molecule has 1 unspecified atom stereocenters. The van der Waals surface area contributed by atoms with Crippen molar-refractivity contribution < 1.29 is 13.9 Å². The summed E-state index contributed by atoms with van der Waals surface area (Å²) in [4.78, 5) is 11.7. The minimum absolute atomic E-state index is 0.263. The average molecular weight is 290 g/mol. The Hall–Kier alpha value is -1.93. The molecule has 0 aromatic carbocycles. The quantitative estimate of drug-likeness (QED) is 0.624. The molecule has 1 aromatic rings. The first-order chi connectivity index (χ1) is 10.3. The topological polar surface area (TPSA) is 63.5 Å². The van der Waals surface area contributed by atoms with Crippen LogP contribution >= 0.6 is 0 Å². The zero-order chi connectivity index (χ0) is 14.8. The van der Waals surface area contributed by atoms with Crippen molar-refractivity contribution in [3.05, 3.63) is 24.2 Å².